The van der Waals surface area contributed by atoms with E-state index in [4.69, 9.17) is 0 Å². The van der Waals surface area contributed by atoms with E-state index in [-0.39, 0.29) is 5.41 Å². The van der Waals surface area contributed by atoms with Gasteiger partial charge in [0.05, 0.1) is 0 Å². The molecule has 0 aliphatic carbocycles. The van der Waals surface area contributed by atoms with Crippen LogP contribution in [0, 0.1) is 12.3 Å². The predicted molar refractivity (Wildman–Crippen MR) is 64.6 cm³/mol. The molecule has 0 amide bonds. The van der Waals surface area contributed by atoms with Crippen LogP contribution in [0.2, 0.25) is 0 Å². The van der Waals surface area contributed by atoms with Gasteiger partial charge in [-0.3, -0.25) is 0 Å². The van der Waals surface area contributed by atoms with Crippen LogP contribution in [-0.2, 0) is 0 Å². The van der Waals surface area contributed by atoms with Gasteiger partial charge in [0.25, 0.3) is 0 Å². The van der Waals surface area contributed by atoms with Crippen LogP contribution in [0.5, 0.6) is 0 Å². The first-order valence-corrected chi connectivity index (χ1v) is 5.54. The van der Waals surface area contributed by atoms with Gasteiger partial charge in [0.1, 0.15) is 5.82 Å². The third kappa shape index (κ3) is 3.66. The highest BCUT2D eigenvalue weighted by Gasteiger charge is 2.10. The molecule has 0 spiro atoms. The molecule has 0 aliphatic heterocycles. The number of hydrogen-bond donors (Lipinski definition) is 1. The zero-order valence-electron chi connectivity index (χ0n) is 9.19. The van der Waals surface area contributed by atoms with Crippen LogP contribution in [0.3, 0.4) is 0 Å². The van der Waals surface area contributed by atoms with Crippen molar-refractivity contribution in [3.05, 3.63) is 22.3 Å². The van der Waals surface area contributed by atoms with Crippen LogP contribution < -0.4 is 5.32 Å². The smallest absolute Gasteiger partial charge is 0.128 e. The van der Waals surface area contributed by atoms with Crippen LogP contribution in [0.1, 0.15) is 26.3 Å². The minimum Gasteiger partial charge on any atom is -0.369 e. The number of nitrogens with zero attached hydrogens (tertiary/aromatic N) is 1. The molecule has 0 atom stereocenters. The van der Waals surface area contributed by atoms with Crippen LogP contribution in [0.15, 0.2) is 16.7 Å². The van der Waals surface area contributed by atoms with E-state index in [0.717, 1.165) is 16.8 Å². The second-order valence-electron chi connectivity index (χ2n) is 4.73. The van der Waals surface area contributed by atoms with Crippen molar-refractivity contribution in [2.45, 2.75) is 27.7 Å². The predicted octanol–water partition coefficient (Wildman–Crippen LogP) is 3.61. The zero-order valence-corrected chi connectivity index (χ0v) is 10.8. The summed E-state index contributed by atoms with van der Waals surface area (Å²) in [6.45, 7) is 9.60. The van der Waals surface area contributed by atoms with Crippen LogP contribution in [0.25, 0.3) is 0 Å². The number of aryl methyl sites for hydroxylation is 1. The van der Waals surface area contributed by atoms with Gasteiger partial charge in [0, 0.05) is 17.2 Å². The quantitative estimate of drug-likeness (QED) is 0.875. The van der Waals surface area contributed by atoms with Gasteiger partial charge in [-0.1, -0.05) is 20.8 Å². The van der Waals surface area contributed by atoms with Crippen molar-refractivity contribution in [2.75, 3.05) is 11.9 Å². The molecular weight excluding hydrogens is 240 g/mol. The normalized spacial score (nSPS) is 11.5. The van der Waals surface area contributed by atoms with Gasteiger partial charge < -0.3 is 5.32 Å². The maximum absolute atomic E-state index is 4.32. The first kappa shape index (κ1) is 11.5. The Kier molecular flexibility index (Phi) is 3.53. The standard InChI is InChI=1S/C11H17BrN2/c1-8-5-9(12)6-13-10(8)14-7-11(2,3)4/h5-6H,7H2,1-4H3,(H,13,14). The van der Waals surface area contributed by atoms with Crippen molar-refractivity contribution in [2.24, 2.45) is 5.41 Å². The number of nitrogens with one attached hydrogen (secondary N) is 1. The molecule has 0 fully saturated rings. The van der Waals surface area contributed by atoms with E-state index in [9.17, 15) is 0 Å². The molecule has 0 saturated heterocycles. The summed E-state index contributed by atoms with van der Waals surface area (Å²) >= 11 is 3.40. The van der Waals surface area contributed by atoms with Crippen LogP contribution in [-0.4, -0.2) is 11.5 Å². The number of aromatic nitrogens is 1. The largest absolute Gasteiger partial charge is 0.369 e. The fourth-order valence-corrected chi connectivity index (χ4v) is 1.52. The number of pyridine rings is 1. The average molecular weight is 257 g/mol. The molecule has 3 heteroatoms. The molecule has 14 heavy (non-hydrogen) atoms. The minimum atomic E-state index is 0.279. The lowest BCUT2D eigenvalue weighted by molar-refractivity contribution is 0.442. The van der Waals surface area contributed by atoms with Crippen molar-refractivity contribution in [1.29, 1.82) is 0 Å². The SMILES string of the molecule is Cc1cc(Br)cnc1NCC(C)(C)C. The molecule has 0 unspecified atom stereocenters. The Morgan fingerprint density at radius 2 is 2.07 bits per heavy atom. The molecule has 1 aromatic rings. The summed E-state index contributed by atoms with van der Waals surface area (Å²) in [5, 5.41) is 3.35. The lowest BCUT2D eigenvalue weighted by atomic mass is 9.97. The highest BCUT2D eigenvalue weighted by molar-refractivity contribution is 9.10. The molecule has 0 radical (unpaired) electrons. The van der Waals surface area contributed by atoms with Crippen molar-refractivity contribution in [3.8, 4) is 0 Å². The Bertz CT molecular complexity index is 316. The molecule has 0 aromatic carbocycles. The van der Waals surface area contributed by atoms with Crippen molar-refractivity contribution in [3.63, 3.8) is 0 Å². The summed E-state index contributed by atoms with van der Waals surface area (Å²) in [4.78, 5) is 4.32. The molecule has 1 rings (SSSR count). The van der Waals surface area contributed by atoms with Gasteiger partial charge in [0.2, 0.25) is 0 Å². The van der Waals surface area contributed by atoms with Gasteiger partial charge in [-0.15, -0.1) is 0 Å². The third-order valence-electron chi connectivity index (χ3n) is 1.83. The van der Waals surface area contributed by atoms with E-state index < -0.39 is 0 Å². The molecule has 0 aliphatic rings. The van der Waals surface area contributed by atoms with E-state index in [1.807, 2.05) is 6.20 Å². The Hall–Kier alpha value is -0.570. The molecular formula is C11H17BrN2. The monoisotopic (exact) mass is 256 g/mol. The lowest BCUT2D eigenvalue weighted by Gasteiger charge is -2.19. The first-order valence-electron chi connectivity index (χ1n) is 4.74. The second kappa shape index (κ2) is 4.30. The van der Waals surface area contributed by atoms with Gasteiger partial charge >= 0.3 is 0 Å². The van der Waals surface area contributed by atoms with Crippen molar-refractivity contribution in [1.82, 2.24) is 4.98 Å². The maximum Gasteiger partial charge on any atom is 0.128 e. The number of rotatable bonds is 2. The number of halogens is 1. The topological polar surface area (TPSA) is 24.9 Å². The molecule has 1 N–H and O–H groups in total. The van der Waals surface area contributed by atoms with Gasteiger partial charge in [-0.2, -0.15) is 0 Å². The lowest BCUT2D eigenvalue weighted by Crippen LogP contribution is -2.20. The first-order chi connectivity index (χ1) is 6.38. The minimum absolute atomic E-state index is 0.279. The average Bonchev–Trinajstić information content (AvgIpc) is 2.00. The van der Waals surface area contributed by atoms with Gasteiger partial charge in [-0.05, 0) is 39.9 Å². The Morgan fingerprint density at radius 3 is 2.57 bits per heavy atom. The second-order valence-corrected chi connectivity index (χ2v) is 5.65. The highest BCUT2D eigenvalue weighted by Crippen LogP contribution is 2.19. The summed E-state index contributed by atoms with van der Waals surface area (Å²) in [6, 6.07) is 2.07. The van der Waals surface area contributed by atoms with Crippen LogP contribution in [0.4, 0.5) is 5.82 Å². The van der Waals surface area contributed by atoms with Gasteiger partial charge in [-0.25, -0.2) is 4.98 Å². The third-order valence-corrected chi connectivity index (χ3v) is 2.26. The van der Waals surface area contributed by atoms with E-state index >= 15 is 0 Å². The molecule has 2 nitrogen and oxygen atoms in total. The number of hydrogen-bond acceptors (Lipinski definition) is 2. The Morgan fingerprint density at radius 1 is 1.43 bits per heavy atom. The van der Waals surface area contributed by atoms with Crippen molar-refractivity contribution >= 4 is 21.7 Å². The fourth-order valence-electron chi connectivity index (χ4n) is 1.07. The van der Waals surface area contributed by atoms with Crippen LogP contribution >= 0.6 is 15.9 Å². The summed E-state index contributed by atoms with van der Waals surface area (Å²) in [5.41, 5.74) is 1.45. The summed E-state index contributed by atoms with van der Waals surface area (Å²) < 4.78 is 1.02. The van der Waals surface area contributed by atoms with E-state index in [1.54, 1.807) is 0 Å². The van der Waals surface area contributed by atoms with Crippen molar-refractivity contribution < 1.29 is 0 Å². The van der Waals surface area contributed by atoms with Gasteiger partial charge in [0.15, 0.2) is 0 Å². The van der Waals surface area contributed by atoms with E-state index in [2.05, 4.69) is 60.0 Å². The molecule has 78 valence electrons. The maximum atomic E-state index is 4.32. The molecule has 0 bridgehead atoms. The van der Waals surface area contributed by atoms with E-state index in [0.29, 0.717) is 0 Å². The molecule has 1 heterocycles. The molecule has 1 aromatic heterocycles. The summed E-state index contributed by atoms with van der Waals surface area (Å²) in [5.74, 6) is 0.975. The summed E-state index contributed by atoms with van der Waals surface area (Å²) in [7, 11) is 0. The van der Waals surface area contributed by atoms with E-state index in [1.165, 1.54) is 5.56 Å². The molecule has 0 saturated carbocycles. The number of anilines is 1. The summed E-state index contributed by atoms with van der Waals surface area (Å²) in [6.07, 6.45) is 1.82. The fraction of sp³-hybridized carbons (Fsp3) is 0.545. The Balaban J connectivity index is 2.68. The zero-order chi connectivity index (χ0) is 10.8. The highest BCUT2D eigenvalue weighted by atomic mass is 79.9. The Labute approximate surface area is 94.3 Å².